The Morgan fingerprint density at radius 1 is 1.47 bits per heavy atom. The minimum Gasteiger partial charge on any atom is -0.403 e. The highest BCUT2D eigenvalue weighted by Crippen LogP contribution is 2.26. The number of nitrogens with zero attached hydrogens (tertiary/aromatic N) is 1. The van der Waals surface area contributed by atoms with Gasteiger partial charge >= 0.3 is 6.36 Å². The Labute approximate surface area is 90.4 Å². The first kappa shape index (κ1) is 11.8. The minimum atomic E-state index is -4.89. The molecule has 1 amide bonds. The van der Waals surface area contributed by atoms with Gasteiger partial charge in [0.15, 0.2) is 11.4 Å². The molecule has 0 bridgehead atoms. The van der Waals surface area contributed by atoms with Crippen LogP contribution in [0.5, 0.6) is 5.75 Å². The van der Waals surface area contributed by atoms with Gasteiger partial charge < -0.3 is 10.5 Å². The Balaban J connectivity index is 3.12. The molecule has 1 aromatic rings. The van der Waals surface area contributed by atoms with Gasteiger partial charge in [0, 0.05) is 0 Å². The maximum Gasteiger partial charge on any atom is 0.573 e. The van der Waals surface area contributed by atoms with Gasteiger partial charge in [-0.3, -0.25) is 4.79 Å². The fourth-order valence-electron chi connectivity index (χ4n) is 0.806. The Morgan fingerprint density at radius 2 is 2.07 bits per heavy atom. The Hall–Kier alpha value is -1.31. The van der Waals surface area contributed by atoms with E-state index in [9.17, 15) is 18.0 Å². The second-order valence-corrected chi connectivity index (χ2v) is 3.21. The highest BCUT2D eigenvalue weighted by molar-refractivity contribution is 9.10. The van der Waals surface area contributed by atoms with Crippen molar-refractivity contribution >= 4 is 21.8 Å². The number of rotatable bonds is 2. The summed E-state index contributed by atoms with van der Waals surface area (Å²) in [5.41, 5.74) is 4.25. The number of primary amides is 1. The van der Waals surface area contributed by atoms with E-state index in [0.717, 1.165) is 6.07 Å². The van der Waals surface area contributed by atoms with Gasteiger partial charge in [-0.05, 0) is 28.1 Å². The SMILES string of the molecule is NC(=O)c1nc(Br)ccc1OC(F)(F)F. The molecule has 1 aromatic heterocycles. The molecule has 4 nitrogen and oxygen atoms in total. The van der Waals surface area contributed by atoms with Crippen LogP contribution in [-0.2, 0) is 0 Å². The summed E-state index contributed by atoms with van der Waals surface area (Å²) in [5, 5.41) is 0. The van der Waals surface area contributed by atoms with Gasteiger partial charge in [-0.1, -0.05) is 0 Å². The molecule has 2 N–H and O–H groups in total. The molecule has 15 heavy (non-hydrogen) atoms. The zero-order valence-corrected chi connectivity index (χ0v) is 8.59. The van der Waals surface area contributed by atoms with Crippen LogP contribution in [0.2, 0.25) is 0 Å². The number of carbonyl (C=O) groups is 1. The van der Waals surface area contributed by atoms with Crippen LogP contribution in [0.3, 0.4) is 0 Å². The summed E-state index contributed by atoms with van der Waals surface area (Å²) in [7, 11) is 0. The number of amides is 1. The predicted molar refractivity (Wildman–Crippen MR) is 47.1 cm³/mol. The summed E-state index contributed by atoms with van der Waals surface area (Å²) in [6.07, 6.45) is -4.89. The highest BCUT2D eigenvalue weighted by atomic mass is 79.9. The van der Waals surface area contributed by atoms with Crippen molar-refractivity contribution in [1.82, 2.24) is 4.98 Å². The molecule has 0 fully saturated rings. The van der Waals surface area contributed by atoms with Crippen LogP contribution in [-0.4, -0.2) is 17.3 Å². The molecule has 0 spiro atoms. The van der Waals surface area contributed by atoms with E-state index in [-0.39, 0.29) is 4.60 Å². The summed E-state index contributed by atoms with van der Waals surface area (Å²) in [5.74, 6) is -1.83. The first-order valence-electron chi connectivity index (χ1n) is 3.51. The molecule has 0 aliphatic carbocycles. The normalized spacial score (nSPS) is 11.2. The summed E-state index contributed by atoms with van der Waals surface area (Å²) in [6, 6.07) is 2.15. The molecular weight excluding hydrogens is 281 g/mol. The summed E-state index contributed by atoms with van der Waals surface area (Å²) in [4.78, 5) is 14.2. The molecule has 1 rings (SSSR count). The summed E-state index contributed by atoms with van der Waals surface area (Å²) < 4.78 is 39.4. The molecule has 0 saturated heterocycles. The van der Waals surface area contributed by atoms with Crippen LogP contribution in [0.1, 0.15) is 10.5 Å². The van der Waals surface area contributed by atoms with E-state index in [1.54, 1.807) is 0 Å². The van der Waals surface area contributed by atoms with Crippen LogP contribution in [0.15, 0.2) is 16.7 Å². The molecule has 1 heterocycles. The number of halogens is 4. The van der Waals surface area contributed by atoms with Crippen molar-refractivity contribution in [3.63, 3.8) is 0 Å². The smallest absolute Gasteiger partial charge is 0.403 e. The Bertz CT molecular complexity index is 394. The third-order valence-corrected chi connectivity index (χ3v) is 1.72. The minimum absolute atomic E-state index is 0.186. The van der Waals surface area contributed by atoms with Crippen LogP contribution < -0.4 is 10.5 Å². The molecule has 0 atom stereocenters. The van der Waals surface area contributed by atoms with Crippen molar-refractivity contribution in [2.75, 3.05) is 0 Å². The van der Waals surface area contributed by atoms with Crippen LogP contribution in [0, 0.1) is 0 Å². The third-order valence-electron chi connectivity index (χ3n) is 1.28. The van der Waals surface area contributed by atoms with E-state index in [0.29, 0.717) is 0 Å². The van der Waals surface area contributed by atoms with Crippen molar-refractivity contribution in [3.05, 3.63) is 22.4 Å². The van der Waals surface area contributed by atoms with Gasteiger partial charge in [-0.2, -0.15) is 0 Å². The van der Waals surface area contributed by atoms with Crippen molar-refractivity contribution in [1.29, 1.82) is 0 Å². The zero-order valence-electron chi connectivity index (χ0n) is 7.01. The van der Waals surface area contributed by atoms with E-state index in [1.165, 1.54) is 6.07 Å². The average molecular weight is 285 g/mol. The van der Waals surface area contributed by atoms with Crippen molar-refractivity contribution in [2.24, 2.45) is 5.73 Å². The number of aromatic nitrogens is 1. The largest absolute Gasteiger partial charge is 0.573 e. The maximum absolute atomic E-state index is 11.9. The average Bonchev–Trinajstić information content (AvgIpc) is 2.05. The van der Waals surface area contributed by atoms with Crippen molar-refractivity contribution < 1.29 is 22.7 Å². The van der Waals surface area contributed by atoms with Gasteiger partial charge in [0.05, 0.1) is 0 Å². The lowest BCUT2D eigenvalue weighted by Gasteiger charge is -2.10. The molecule has 0 unspecified atom stereocenters. The molecule has 0 saturated carbocycles. The number of carbonyl (C=O) groups excluding carboxylic acids is 1. The third kappa shape index (κ3) is 3.39. The van der Waals surface area contributed by atoms with E-state index in [4.69, 9.17) is 5.73 Å². The highest BCUT2D eigenvalue weighted by Gasteiger charge is 2.33. The first-order valence-corrected chi connectivity index (χ1v) is 4.31. The molecular formula is C7H4BrF3N2O2. The molecule has 0 aromatic carbocycles. The van der Waals surface area contributed by atoms with Gasteiger partial charge in [-0.15, -0.1) is 13.2 Å². The molecule has 8 heteroatoms. The second-order valence-electron chi connectivity index (χ2n) is 2.39. The monoisotopic (exact) mass is 284 g/mol. The number of alkyl halides is 3. The quantitative estimate of drug-likeness (QED) is 0.843. The van der Waals surface area contributed by atoms with Gasteiger partial charge in [0.2, 0.25) is 0 Å². The molecule has 0 aliphatic rings. The zero-order chi connectivity index (χ0) is 11.6. The fourth-order valence-corrected chi connectivity index (χ4v) is 1.12. The lowest BCUT2D eigenvalue weighted by molar-refractivity contribution is -0.274. The first-order chi connectivity index (χ1) is 6.79. The summed E-state index contributed by atoms with van der Waals surface area (Å²) in [6.45, 7) is 0. The van der Waals surface area contributed by atoms with Crippen LogP contribution in [0.25, 0.3) is 0 Å². The summed E-state index contributed by atoms with van der Waals surface area (Å²) >= 11 is 2.89. The van der Waals surface area contributed by atoms with Crippen LogP contribution >= 0.6 is 15.9 Å². The lowest BCUT2D eigenvalue weighted by atomic mass is 10.3. The van der Waals surface area contributed by atoms with E-state index < -0.39 is 23.7 Å². The van der Waals surface area contributed by atoms with Gasteiger partial charge in [-0.25, -0.2) is 4.98 Å². The standard InChI is InChI=1S/C7H4BrF3N2O2/c8-4-2-1-3(15-7(9,10)11)5(13-4)6(12)14/h1-2H,(H2,12,14). The molecule has 82 valence electrons. The maximum atomic E-state index is 11.9. The molecule has 0 aliphatic heterocycles. The van der Waals surface area contributed by atoms with E-state index >= 15 is 0 Å². The molecule has 0 radical (unpaired) electrons. The number of pyridine rings is 1. The Morgan fingerprint density at radius 3 is 2.53 bits per heavy atom. The van der Waals surface area contributed by atoms with Crippen molar-refractivity contribution in [3.8, 4) is 5.75 Å². The van der Waals surface area contributed by atoms with Gasteiger partial charge in [0.1, 0.15) is 4.60 Å². The lowest BCUT2D eigenvalue weighted by Crippen LogP contribution is -2.22. The van der Waals surface area contributed by atoms with E-state index in [1.807, 2.05) is 0 Å². The number of ether oxygens (including phenoxy) is 1. The number of hydrogen-bond acceptors (Lipinski definition) is 3. The van der Waals surface area contributed by atoms with Gasteiger partial charge in [0.25, 0.3) is 5.91 Å². The fraction of sp³-hybridized carbons (Fsp3) is 0.143. The number of hydrogen-bond donors (Lipinski definition) is 1. The van der Waals surface area contributed by atoms with E-state index in [2.05, 4.69) is 25.7 Å². The van der Waals surface area contributed by atoms with Crippen molar-refractivity contribution in [2.45, 2.75) is 6.36 Å². The van der Waals surface area contributed by atoms with Crippen LogP contribution in [0.4, 0.5) is 13.2 Å². The predicted octanol–water partition coefficient (Wildman–Crippen LogP) is 1.84. The Kier molecular flexibility index (Phi) is 3.18. The number of nitrogens with two attached hydrogens (primary N) is 1. The topological polar surface area (TPSA) is 65.2 Å². The second kappa shape index (κ2) is 4.05.